The van der Waals surface area contributed by atoms with E-state index in [0.29, 0.717) is 11.8 Å². The topological polar surface area (TPSA) is 51.0 Å². The van der Waals surface area contributed by atoms with Gasteiger partial charge in [-0.3, -0.25) is 0 Å². The molecule has 0 amide bonds. The average Bonchev–Trinajstić information content (AvgIpc) is 2.85. The van der Waals surface area contributed by atoms with E-state index < -0.39 is 0 Å². The quantitative estimate of drug-likeness (QED) is 0.822. The van der Waals surface area contributed by atoms with Crippen LogP contribution in [0.5, 0.6) is 0 Å². The Morgan fingerprint density at radius 2 is 2.00 bits per heavy atom. The lowest BCUT2D eigenvalue weighted by atomic mass is 10.1. The van der Waals surface area contributed by atoms with Crippen LogP contribution in [0.15, 0.2) is 27.1 Å². The highest BCUT2D eigenvalue weighted by Crippen LogP contribution is 2.25. The van der Waals surface area contributed by atoms with Crippen LogP contribution in [0.2, 0.25) is 0 Å². The maximum Gasteiger partial charge on any atom is 0.248 e. The first-order valence-electron chi connectivity index (χ1n) is 7.19. The number of hydrogen-bond acceptors (Lipinski definition) is 4. The van der Waals surface area contributed by atoms with Gasteiger partial charge in [-0.25, -0.2) is 0 Å². The summed E-state index contributed by atoms with van der Waals surface area (Å²) in [6, 6.07) is 6.05. The van der Waals surface area contributed by atoms with Gasteiger partial charge in [0.25, 0.3) is 0 Å². The summed E-state index contributed by atoms with van der Waals surface area (Å²) in [6.45, 7) is 9.46. The Balaban J connectivity index is 1.97. The van der Waals surface area contributed by atoms with Crippen LogP contribution in [-0.4, -0.2) is 22.3 Å². The van der Waals surface area contributed by atoms with Crippen molar-refractivity contribution in [2.45, 2.75) is 46.1 Å². The van der Waals surface area contributed by atoms with Crippen LogP contribution < -0.4 is 5.32 Å². The van der Waals surface area contributed by atoms with Crippen molar-refractivity contribution in [3.05, 3.63) is 34.1 Å². The first kappa shape index (κ1) is 16.2. The molecule has 4 nitrogen and oxygen atoms in total. The van der Waals surface area contributed by atoms with Crippen molar-refractivity contribution in [1.29, 1.82) is 0 Å². The van der Waals surface area contributed by atoms with E-state index in [1.54, 1.807) is 0 Å². The van der Waals surface area contributed by atoms with Crippen molar-refractivity contribution in [2.75, 3.05) is 6.54 Å². The van der Waals surface area contributed by atoms with Gasteiger partial charge >= 0.3 is 0 Å². The largest absolute Gasteiger partial charge is 0.421 e. The molecule has 0 fully saturated rings. The van der Waals surface area contributed by atoms with E-state index in [1.165, 1.54) is 0 Å². The van der Waals surface area contributed by atoms with Crippen LogP contribution in [0.1, 0.15) is 38.6 Å². The van der Waals surface area contributed by atoms with E-state index in [9.17, 15) is 0 Å². The van der Waals surface area contributed by atoms with E-state index in [1.807, 2.05) is 25.1 Å². The average molecular weight is 352 g/mol. The number of benzene rings is 1. The third kappa shape index (κ3) is 4.93. The molecule has 21 heavy (non-hydrogen) atoms. The molecule has 0 saturated heterocycles. The predicted octanol–water partition coefficient (Wildman–Crippen LogP) is 4.13. The maximum atomic E-state index is 5.77. The molecule has 0 unspecified atom stereocenters. The Kier molecular flexibility index (Phi) is 5.17. The van der Waals surface area contributed by atoms with E-state index in [4.69, 9.17) is 4.42 Å². The standard InChI is InChI=1S/C16H22BrN3O/c1-11-7-8-12(17)10-13(11)15-20-19-14(21-15)6-5-9-18-16(2,3)4/h7-8,10,18H,5-6,9H2,1-4H3. The normalized spacial score (nSPS) is 11.9. The number of hydrogen-bond donors (Lipinski definition) is 1. The Morgan fingerprint density at radius 3 is 2.71 bits per heavy atom. The van der Waals surface area contributed by atoms with Crippen LogP contribution in [0.25, 0.3) is 11.5 Å². The highest BCUT2D eigenvalue weighted by atomic mass is 79.9. The van der Waals surface area contributed by atoms with Gasteiger partial charge in [0.15, 0.2) is 0 Å². The van der Waals surface area contributed by atoms with Crippen molar-refractivity contribution in [3.8, 4) is 11.5 Å². The molecule has 1 N–H and O–H groups in total. The van der Waals surface area contributed by atoms with Crippen LogP contribution in [0.4, 0.5) is 0 Å². The van der Waals surface area contributed by atoms with Gasteiger partial charge in [0.1, 0.15) is 0 Å². The zero-order valence-electron chi connectivity index (χ0n) is 13.0. The van der Waals surface area contributed by atoms with E-state index >= 15 is 0 Å². The minimum absolute atomic E-state index is 0.146. The minimum Gasteiger partial charge on any atom is -0.421 e. The minimum atomic E-state index is 0.146. The number of nitrogens with one attached hydrogen (secondary N) is 1. The lowest BCUT2D eigenvalue weighted by Gasteiger charge is -2.19. The molecule has 1 aromatic heterocycles. The molecule has 0 bridgehead atoms. The van der Waals surface area contributed by atoms with Gasteiger partial charge in [-0.15, -0.1) is 10.2 Å². The Hall–Kier alpha value is -1.20. The fourth-order valence-electron chi connectivity index (χ4n) is 1.99. The fourth-order valence-corrected chi connectivity index (χ4v) is 2.35. The SMILES string of the molecule is Cc1ccc(Br)cc1-c1nnc(CCCNC(C)(C)C)o1. The zero-order chi connectivity index (χ0) is 15.5. The molecule has 2 aromatic rings. The third-order valence-electron chi connectivity index (χ3n) is 3.12. The first-order chi connectivity index (χ1) is 9.85. The molecular formula is C16H22BrN3O. The van der Waals surface area contributed by atoms with E-state index in [2.05, 4.69) is 52.2 Å². The molecule has 2 rings (SSSR count). The van der Waals surface area contributed by atoms with Crippen LogP contribution in [0, 0.1) is 6.92 Å². The summed E-state index contributed by atoms with van der Waals surface area (Å²) in [5, 5.41) is 11.7. The summed E-state index contributed by atoms with van der Waals surface area (Å²) < 4.78 is 6.78. The van der Waals surface area contributed by atoms with Gasteiger partial charge in [0.2, 0.25) is 11.8 Å². The van der Waals surface area contributed by atoms with Gasteiger partial charge in [0.05, 0.1) is 0 Å². The second-order valence-corrected chi connectivity index (χ2v) is 7.16. The second-order valence-electron chi connectivity index (χ2n) is 6.24. The van der Waals surface area contributed by atoms with Crippen molar-refractivity contribution < 1.29 is 4.42 Å². The highest BCUT2D eigenvalue weighted by molar-refractivity contribution is 9.10. The summed E-state index contributed by atoms with van der Waals surface area (Å²) in [6.07, 6.45) is 1.78. The van der Waals surface area contributed by atoms with Crippen LogP contribution in [-0.2, 0) is 6.42 Å². The molecule has 5 heteroatoms. The lowest BCUT2D eigenvalue weighted by Crippen LogP contribution is -2.36. The number of rotatable bonds is 5. The number of aromatic nitrogens is 2. The number of halogens is 1. The summed E-state index contributed by atoms with van der Waals surface area (Å²) in [4.78, 5) is 0. The molecule has 0 radical (unpaired) electrons. The van der Waals surface area contributed by atoms with Crippen molar-refractivity contribution in [3.63, 3.8) is 0 Å². The van der Waals surface area contributed by atoms with Crippen LogP contribution >= 0.6 is 15.9 Å². The third-order valence-corrected chi connectivity index (χ3v) is 3.61. The molecule has 0 aliphatic rings. The summed E-state index contributed by atoms with van der Waals surface area (Å²) >= 11 is 3.47. The first-order valence-corrected chi connectivity index (χ1v) is 7.98. The Bertz CT molecular complexity index is 602. The Morgan fingerprint density at radius 1 is 1.24 bits per heavy atom. The molecule has 0 aliphatic carbocycles. The molecule has 1 aromatic carbocycles. The molecular weight excluding hydrogens is 330 g/mol. The molecule has 114 valence electrons. The summed E-state index contributed by atoms with van der Waals surface area (Å²) in [5.74, 6) is 1.28. The summed E-state index contributed by atoms with van der Waals surface area (Å²) in [7, 11) is 0. The van der Waals surface area contributed by atoms with Crippen LogP contribution in [0.3, 0.4) is 0 Å². The summed E-state index contributed by atoms with van der Waals surface area (Å²) in [5.41, 5.74) is 2.26. The maximum absolute atomic E-state index is 5.77. The molecule has 0 spiro atoms. The highest BCUT2D eigenvalue weighted by Gasteiger charge is 2.12. The molecule has 0 aliphatic heterocycles. The second kappa shape index (κ2) is 6.71. The van der Waals surface area contributed by atoms with Gasteiger partial charge < -0.3 is 9.73 Å². The smallest absolute Gasteiger partial charge is 0.248 e. The molecule has 1 heterocycles. The number of aryl methyl sites for hydroxylation is 2. The monoisotopic (exact) mass is 351 g/mol. The van der Waals surface area contributed by atoms with Crippen molar-refractivity contribution in [2.24, 2.45) is 0 Å². The van der Waals surface area contributed by atoms with E-state index in [-0.39, 0.29) is 5.54 Å². The van der Waals surface area contributed by atoms with Gasteiger partial charge in [-0.1, -0.05) is 22.0 Å². The molecule has 0 saturated carbocycles. The molecule has 0 atom stereocenters. The zero-order valence-corrected chi connectivity index (χ0v) is 14.6. The van der Waals surface area contributed by atoms with Crippen molar-refractivity contribution >= 4 is 15.9 Å². The lowest BCUT2D eigenvalue weighted by molar-refractivity contribution is 0.412. The van der Waals surface area contributed by atoms with Crippen molar-refractivity contribution in [1.82, 2.24) is 15.5 Å². The van der Waals surface area contributed by atoms with Gasteiger partial charge in [0, 0.05) is 22.0 Å². The van der Waals surface area contributed by atoms with Gasteiger partial charge in [-0.05, 0) is 58.4 Å². The van der Waals surface area contributed by atoms with Gasteiger partial charge in [-0.2, -0.15) is 0 Å². The fraction of sp³-hybridized carbons (Fsp3) is 0.500. The predicted molar refractivity (Wildman–Crippen MR) is 88.2 cm³/mol. The Labute approximate surface area is 134 Å². The number of nitrogens with zero attached hydrogens (tertiary/aromatic N) is 2. The van der Waals surface area contributed by atoms with E-state index in [0.717, 1.165) is 35.0 Å².